The van der Waals surface area contributed by atoms with Crippen molar-refractivity contribution < 1.29 is 19.4 Å². The summed E-state index contributed by atoms with van der Waals surface area (Å²) in [4.78, 5) is 11.2. The molecular weight excluding hydrogens is 260 g/mol. The fourth-order valence-electron chi connectivity index (χ4n) is 2.79. The Labute approximate surface area is 120 Å². The second-order valence-electron chi connectivity index (χ2n) is 5.48. The minimum atomic E-state index is -0.847. The van der Waals surface area contributed by atoms with Crippen LogP contribution >= 0.6 is 0 Å². The van der Waals surface area contributed by atoms with E-state index >= 15 is 0 Å². The summed E-state index contributed by atoms with van der Waals surface area (Å²) in [5.41, 5.74) is 5.68. The van der Waals surface area contributed by atoms with Crippen molar-refractivity contribution in [2.75, 3.05) is 20.8 Å². The first-order chi connectivity index (χ1) is 9.39. The standard InChI is InChI=1S/C14H26N2O4/c1-5-6-9-7-10(13(17)18)16-11(9)12(15)14(2,20-4)8-19-3/h5-6,9-12,16H,7-8,15H2,1-4H3,(H,17,18)/b6-5-/t9-,10-,11?,12?,14?/m1/s1. The Morgan fingerprint density at radius 2 is 2.25 bits per heavy atom. The molecule has 0 aromatic heterocycles. The average Bonchev–Trinajstić information content (AvgIpc) is 2.82. The van der Waals surface area contributed by atoms with Crippen molar-refractivity contribution in [1.29, 1.82) is 0 Å². The summed E-state index contributed by atoms with van der Waals surface area (Å²) < 4.78 is 10.7. The first-order valence-corrected chi connectivity index (χ1v) is 6.81. The van der Waals surface area contributed by atoms with E-state index in [1.807, 2.05) is 26.0 Å². The first kappa shape index (κ1) is 17.1. The Kier molecular flexibility index (Phi) is 6.13. The summed E-state index contributed by atoms with van der Waals surface area (Å²) >= 11 is 0. The van der Waals surface area contributed by atoms with Gasteiger partial charge in [-0.25, -0.2) is 0 Å². The number of allylic oxidation sites excluding steroid dienone is 1. The Hall–Kier alpha value is -0.950. The van der Waals surface area contributed by atoms with E-state index in [1.54, 1.807) is 14.2 Å². The van der Waals surface area contributed by atoms with Crippen molar-refractivity contribution in [1.82, 2.24) is 5.32 Å². The molecule has 1 aliphatic heterocycles. The zero-order valence-electron chi connectivity index (χ0n) is 12.6. The topological polar surface area (TPSA) is 93.8 Å². The first-order valence-electron chi connectivity index (χ1n) is 6.81. The maximum Gasteiger partial charge on any atom is 0.320 e. The molecule has 0 saturated carbocycles. The number of hydrogen-bond donors (Lipinski definition) is 3. The van der Waals surface area contributed by atoms with Crippen LogP contribution in [0.2, 0.25) is 0 Å². The third-order valence-electron chi connectivity index (χ3n) is 4.09. The largest absolute Gasteiger partial charge is 0.480 e. The highest BCUT2D eigenvalue weighted by Crippen LogP contribution is 2.29. The molecule has 1 aliphatic rings. The van der Waals surface area contributed by atoms with Gasteiger partial charge >= 0.3 is 5.97 Å². The van der Waals surface area contributed by atoms with Crippen LogP contribution in [0.15, 0.2) is 12.2 Å². The maximum absolute atomic E-state index is 11.2. The fraction of sp³-hybridized carbons (Fsp3) is 0.786. The van der Waals surface area contributed by atoms with Crippen LogP contribution < -0.4 is 11.1 Å². The Balaban J connectivity index is 2.92. The Bertz CT molecular complexity index is 361. The molecule has 0 bridgehead atoms. The summed E-state index contributed by atoms with van der Waals surface area (Å²) in [7, 11) is 3.18. The molecule has 1 saturated heterocycles. The lowest BCUT2D eigenvalue weighted by molar-refractivity contribution is -0.139. The van der Waals surface area contributed by atoms with Gasteiger partial charge in [0.2, 0.25) is 0 Å². The summed E-state index contributed by atoms with van der Waals surface area (Å²) in [5.74, 6) is -0.775. The van der Waals surface area contributed by atoms with E-state index < -0.39 is 17.6 Å². The van der Waals surface area contributed by atoms with Gasteiger partial charge in [0.05, 0.1) is 12.6 Å². The van der Waals surface area contributed by atoms with Crippen LogP contribution in [-0.4, -0.2) is 55.6 Å². The van der Waals surface area contributed by atoms with Gasteiger partial charge < -0.3 is 20.3 Å². The molecule has 116 valence electrons. The lowest BCUT2D eigenvalue weighted by Gasteiger charge is -2.38. The van der Waals surface area contributed by atoms with Gasteiger partial charge in [0.25, 0.3) is 0 Å². The van der Waals surface area contributed by atoms with Crippen molar-refractivity contribution in [3.63, 3.8) is 0 Å². The molecule has 1 heterocycles. The molecule has 4 N–H and O–H groups in total. The second kappa shape index (κ2) is 7.17. The molecule has 0 aromatic carbocycles. The maximum atomic E-state index is 11.2. The molecule has 5 atom stereocenters. The number of nitrogens with two attached hydrogens (primary N) is 1. The van der Waals surface area contributed by atoms with Gasteiger partial charge in [0, 0.05) is 20.3 Å². The minimum absolute atomic E-state index is 0.0717. The van der Waals surface area contributed by atoms with Gasteiger partial charge in [0.15, 0.2) is 0 Å². The van der Waals surface area contributed by atoms with E-state index in [1.165, 1.54) is 0 Å². The molecule has 0 radical (unpaired) electrons. The van der Waals surface area contributed by atoms with Crippen LogP contribution in [0.25, 0.3) is 0 Å². The number of rotatable bonds is 7. The lowest BCUT2D eigenvalue weighted by atomic mass is 9.84. The third-order valence-corrected chi connectivity index (χ3v) is 4.09. The van der Waals surface area contributed by atoms with E-state index in [4.69, 9.17) is 15.2 Å². The summed E-state index contributed by atoms with van der Waals surface area (Å²) in [6.07, 6.45) is 4.46. The Morgan fingerprint density at radius 1 is 1.60 bits per heavy atom. The molecule has 0 spiro atoms. The highest BCUT2D eigenvalue weighted by Gasteiger charge is 2.45. The highest BCUT2D eigenvalue weighted by atomic mass is 16.5. The smallest absolute Gasteiger partial charge is 0.320 e. The second-order valence-corrected chi connectivity index (χ2v) is 5.48. The highest BCUT2D eigenvalue weighted by molar-refractivity contribution is 5.74. The summed E-state index contributed by atoms with van der Waals surface area (Å²) in [6, 6.07) is -1.11. The molecule has 1 fully saturated rings. The fourth-order valence-corrected chi connectivity index (χ4v) is 2.79. The van der Waals surface area contributed by atoms with Crippen LogP contribution in [0.5, 0.6) is 0 Å². The molecule has 0 aliphatic carbocycles. The van der Waals surface area contributed by atoms with Crippen LogP contribution in [0.1, 0.15) is 20.3 Å². The van der Waals surface area contributed by atoms with Gasteiger partial charge in [0.1, 0.15) is 11.6 Å². The molecule has 6 heteroatoms. The van der Waals surface area contributed by atoms with E-state index in [0.717, 1.165) is 0 Å². The molecule has 20 heavy (non-hydrogen) atoms. The zero-order valence-corrected chi connectivity index (χ0v) is 12.6. The van der Waals surface area contributed by atoms with Crippen LogP contribution in [-0.2, 0) is 14.3 Å². The molecule has 0 aromatic rings. The number of hydrogen-bond acceptors (Lipinski definition) is 5. The third kappa shape index (κ3) is 3.58. The summed E-state index contributed by atoms with van der Waals surface area (Å²) in [6.45, 7) is 4.15. The molecule has 3 unspecified atom stereocenters. The monoisotopic (exact) mass is 286 g/mol. The van der Waals surface area contributed by atoms with Gasteiger partial charge in [-0.2, -0.15) is 0 Å². The van der Waals surface area contributed by atoms with Crippen molar-refractivity contribution in [3.8, 4) is 0 Å². The van der Waals surface area contributed by atoms with Crippen LogP contribution in [0.4, 0.5) is 0 Å². The molecular formula is C14H26N2O4. The number of carboxylic acids is 1. The predicted octanol–water partition coefficient (Wildman–Crippen LogP) is 0.373. The van der Waals surface area contributed by atoms with E-state index in [0.29, 0.717) is 13.0 Å². The normalized spacial score (nSPS) is 31.4. The number of nitrogens with one attached hydrogen (secondary N) is 1. The van der Waals surface area contributed by atoms with Gasteiger partial charge in [-0.15, -0.1) is 0 Å². The Morgan fingerprint density at radius 3 is 2.70 bits per heavy atom. The number of ether oxygens (including phenoxy) is 2. The summed E-state index contributed by atoms with van der Waals surface area (Å²) in [5, 5.41) is 12.3. The van der Waals surface area contributed by atoms with E-state index in [-0.39, 0.29) is 18.0 Å². The number of aliphatic carboxylic acids is 1. The van der Waals surface area contributed by atoms with Crippen LogP contribution in [0, 0.1) is 5.92 Å². The zero-order chi connectivity index (χ0) is 15.3. The quantitative estimate of drug-likeness (QED) is 0.586. The predicted molar refractivity (Wildman–Crippen MR) is 76.5 cm³/mol. The van der Waals surface area contributed by atoms with E-state index in [2.05, 4.69) is 5.32 Å². The van der Waals surface area contributed by atoms with E-state index in [9.17, 15) is 9.90 Å². The van der Waals surface area contributed by atoms with Crippen molar-refractivity contribution in [3.05, 3.63) is 12.2 Å². The number of methoxy groups -OCH3 is 2. The molecule has 6 nitrogen and oxygen atoms in total. The van der Waals surface area contributed by atoms with Crippen LogP contribution in [0.3, 0.4) is 0 Å². The van der Waals surface area contributed by atoms with Crippen molar-refractivity contribution >= 4 is 5.97 Å². The lowest BCUT2D eigenvalue weighted by Crippen LogP contribution is -2.61. The van der Waals surface area contributed by atoms with Crippen molar-refractivity contribution in [2.24, 2.45) is 11.7 Å². The van der Waals surface area contributed by atoms with Crippen molar-refractivity contribution in [2.45, 2.75) is 44.0 Å². The van der Waals surface area contributed by atoms with Gasteiger partial charge in [-0.1, -0.05) is 12.2 Å². The molecule has 1 rings (SSSR count). The number of carbonyl (C=O) groups is 1. The van der Waals surface area contributed by atoms with Gasteiger partial charge in [-0.3, -0.25) is 10.1 Å². The minimum Gasteiger partial charge on any atom is -0.480 e. The average molecular weight is 286 g/mol. The number of carboxylic acid groups (broad SMARTS) is 1. The molecule has 0 amide bonds. The van der Waals surface area contributed by atoms with Gasteiger partial charge in [-0.05, 0) is 26.2 Å². The SMILES string of the molecule is C/C=C\[C@@H]1C[C@H](C(=O)O)NC1C(N)C(C)(COC)OC.